The molecule has 0 amide bonds. The zero-order valence-corrected chi connectivity index (χ0v) is 13.2. The summed E-state index contributed by atoms with van der Waals surface area (Å²) in [7, 11) is 0. The monoisotopic (exact) mass is 282 g/mol. The number of hydrogen-bond donors (Lipinski definition) is 0. The molecule has 3 nitrogen and oxygen atoms in total. The zero-order valence-electron chi connectivity index (χ0n) is 13.2. The van der Waals surface area contributed by atoms with Crippen LogP contribution in [0.25, 0.3) is 0 Å². The molecule has 116 valence electrons. The molecule has 0 unspecified atom stereocenters. The van der Waals surface area contributed by atoms with Crippen LogP contribution in [0, 0.1) is 0 Å². The van der Waals surface area contributed by atoms with Gasteiger partial charge in [-0.3, -0.25) is 4.79 Å². The fourth-order valence-corrected chi connectivity index (χ4v) is 1.97. The predicted octanol–water partition coefficient (Wildman–Crippen LogP) is 4.94. The fourth-order valence-electron chi connectivity index (χ4n) is 1.97. The number of allylic oxidation sites excluding steroid dienone is 1. The van der Waals surface area contributed by atoms with Gasteiger partial charge >= 0.3 is 11.9 Å². The molecule has 0 aromatic carbocycles. The Hall–Kier alpha value is -1.12. The Bertz CT molecular complexity index is 282. The van der Waals surface area contributed by atoms with Crippen LogP contribution in [0.4, 0.5) is 0 Å². The first-order valence-electron chi connectivity index (χ1n) is 8.11. The number of rotatable bonds is 12. The number of carbonyl (C=O) groups excluding carboxylic acids is 2. The molecule has 0 radical (unpaired) electrons. The summed E-state index contributed by atoms with van der Waals surface area (Å²) < 4.78 is 4.53. The Kier molecular flexibility index (Phi) is 13.5. The van der Waals surface area contributed by atoms with Gasteiger partial charge < -0.3 is 4.74 Å². The molecule has 0 bridgehead atoms. The van der Waals surface area contributed by atoms with Crippen molar-refractivity contribution in [3.05, 3.63) is 12.2 Å². The smallest absolute Gasteiger partial charge is 0.338 e. The number of esters is 2. The first kappa shape index (κ1) is 18.9. The Balaban J connectivity index is 3.31. The maximum absolute atomic E-state index is 11.1. The van der Waals surface area contributed by atoms with Gasteiger partial charge in [0.05, 0.1) is 0 Å². The van der Waals surface area contributed by atoms with Gasteiger partial charge in [0, 0.05) is 12.5 Å². The SMILES string of the molecule is CCCCCCCCCCCC=CC(=O)OC(=O)CC. The Morgan fingerprint density at radius 1 is 0.850 bits per heavy atom. The van der Waals surface area contributed by atoms with E-state index >= 15 is 0 Å². The number of ether oxygens (including phenoxy) is 1. The number of unbranched alkanes of at least 4 members (excludes halogenated alkanes) is 9. The minimum Gasteiger partial charge on any atom is -0.390 e. The third-order valence-corrected chi connectivity index (χ3v) is 3.23. The van der Waals surface area contributed by atoms with Gasteiger partial charge in [-0.2, -0.15) is 0 Å². The van der Waals surface area contributed by atoms with Crippen molar-refractivity contribution in [2.24, 2.45) is 0 Å². The molecule has 0 aliphatic rings. The van der Waals surface area contributed by atoms with E-state index in [1.165, 1.54) is 57.4 Å². The maximum Gasteiger partial charge on any atom is 0.338 e. The third kappa shape index (κ3) is 13.3. The highest BCUT2D eigenvalue weighted by molar-refractivity contribution is 5.91. The maximum atomic E-state index is 11.1. The molecule has 0 spiro atoms. The van der Waals surface area contributed by atoms with E-state index < -0.39 is 11.9 Å². The molecule has 20 heavy (non-hydrogen) atoms. The van der Waals surface area contributed by atoms with Crippen LogP contribution in [0.2, 0.25) is 0 Å². The molecule has 0 atom stereocenters. The molecule has 0 aromatic heterocycles. The molecular weight excluding hydrogens is 252 g/mol. The van der Waals surface area contributed by atoms with E-state index in [2.05, 4.69) is 11.7 Å². The van der Waals surface area contributed by atoms with Gasteiger partial charge in [0.2, 0.25) is 0 Å². The van der Waals surface area contributed by atoms with Crippen molar-refractivity contribution in [3.63, 3.8) is 0 Å². The summed E-state index contributed by atoms with van der Waals surface area (Å²) in [5, 5.41) is 0. The molecule has 0 rings (SSSR count). The normalized spacial score (nSPS) is 10.9. The van der Waals surface area contributed by atoms with Crippen LogP contribution in [-0.4, -0.2) is 11.9 Å². The highest BCUT2D eigenvalue weighted by atomic mass is 16.6. The number of carbonyl (C=O) groups is 2. The van der Waals surface area contributed by atoms with Crippen molar-refractivity contribution in [3.8, 4) is 0 Å². The third-order valence-electron chi connectivity index (χ3n) is 3.23. The van der Waals surface area contributed by atoms with Gasteiger partial charge in [-0.15, -0.1) is 0 Å². The summed E-state index contributed by atoms with van der Waals surface area (Å²) >= 11 is 0. The molecular formula is C17H30O3. The molecule has 0 aliphatic heterocycles. The molecule has 0 N–H and O–H groups in total. The molecule has 3 heteroatoms. The first-order valence-corrected chi connectivity index (χ1v) is 8.11. The first-order chi connectivity index (χ1) is 9.70. The van der Waals surface area contributed by atoms with Crippen LogP contribution in [0.1, 0.15) is 84.5 Å². The lowest BCUT2D eigenvalue weighted by Crippen LogP contribution is -2.08. The largest absolute Gasteiger partial charge is 0.390 e. The predicted molar refractivity (Wildman–Crippen MR) is 82.4 cm³/mol. The summed E-state index contributed by atoms with van der Waals surface area (Å²) in [6.45, 7) is 3.91. The van der Waals surface area contributed by atoms with Crippen molar-refractivity contribution >= 4 is 11.9 Å². The van der Waals surface area contributed by atoms with Gasteiger partial charge in [0.25, 0.3) is 0 Å². The average Bonchev–Trinajstić information content (AvgIpc) is 2.44. The summed E-state index contributed by atoms with van der Waals surface area (Å²) in [4.78, 5) is 22.0. The Labute approximate surface area is 123 Å². The lowest BCUT2D eigenvalue weighted by Gasteiger charge is -2.00. The summed E-state index contributed by atoms with van der Waals surface area (Å²) in [6.07, 6.45) is 15.9. The van der Waals surface area contributed by atoms with E-state index in [4.69, 9.17) is 0 Å². The standard InChI is InChI=1S/C17H30O3/c1-3-5-6-7-8-9-10-11-12-13-14-15-17(19)20-16(18)4-2/h14-15H,3-13H2,1-2H3. The highest BCUT2D eigenvalue weighted by Crippen LogP contribution is 2.10. The number of hydrogen-bond acceptors (Lipinski definition) is 3. The molecule has 0 heterocycles. The van der Waals surface area contributed by atoms with Crippen molar-refractivity contribution in [1.29, 1.82) is 0 Å². The second-order valence-electron chi connectivity index (χ2n) is 5.17. The van der Waals surface area contributed by atoms with Crippen LogP contribution in [0.3, 0.4) is 0 Å². The summed E-state index contributed by atoms with van der Waals surface area (Å²) in [5.41, 5.74) is 0. The fraction of sp³-hybridized carbons (Fsp3) is 0.765. The Morgan fingerprint density at radius 3 is 1.95 bits per heavy atom. The lowest BCUT2D eigenvalue weighted by molar-refractivity contribution is -0.155. The van der Waals surface area contributed by atoms with E-state index in [0.717, 1.165) is 12.8 Å². The highest BCUT2D eigenvalue weighted by Gasteiger charge is 2.03. The van der Waals surface area contributed by atoms with Crippen LogP contribution in [-0.2, 0) is 14.3 Å². The van der Waals surface area contributed by atoms with E-state index in [9.17, 15) is 9.59 Å². The average molecular weight is 282 g/mol. The summed E-state index contributed by atoms with van der Waals surface area (Å²) in [6, 6.07) is 0. The van der Waals surface area contributed by atoms with Gasteiger partial charge in [-0.25, -0.2) is 4.79 Å². The molecule has 0 aromatic rings. The lowest BCUT2D eigenvalue weighted by atomic mass is 10.1. The van der Waals surface area contributed by atoms with Crippen molar-refractivity contribution in [2.75, 3.05) is 0 Å². The molecule has 0 aliphatic carbocycles. The van der Waals surface area contributed by atoms with Gasteiger partial charge in [-0.05, 0) is 12.8 Å². The van der Waals surface area contributed by atoms with Gasteiger partial charge in [-0.1, -0.05) is 71.3 Å². The molecule has 0 saturated carbocycles. The van der Waals surface area contributed by atoms with E-state index in [-0.39, 0.29) is 6.42 Å². The van der Waals surface area contributed by atoms with Crippen molar-refractivity contribution in [2.45, 2.75) is 84.5 Å². The zero-order chi connectivity index (χ0) is 15.1. The van der Waals surface area contributed by atoms with Crippen LogP contribution < -0.4 is 0 Å². The van der Waals surface area contributed by atoms with E-state index in [0.29, 0.717) is 0 Å². The van der Waals surface area contributed by atoms with Gasteiger partial charge in [0.1, 0.15) is 0 Å². The van der Waals surface area contributed by atoms with Crippen LogP contribution in [0.15, 0.2) is 12.2 Å². The van der Waals surface area contributed by atoms with Crippen molar-refractivity contribution in [1.82, 2.24) is 0 Å². The summed E-state index contributed by atoms with van der Waals surface area (Å²) in [5.74, 6) is -1.02. The quantitative estimate of drug-likeness (QED) is 0.220. The second-order valence-corrected chi connectivity index (χ2v) is 5.17. The topological polar surface area (TPSA) is 43.4 Å². The van der Waals surface area contributed by atoms with Crippen molar-refractivity contribution < 1.29 is 14.3 Å². The molecule has 0 saturated heterocycles. The van der Waals surface area contributed by atoms with E-state index in [1.54, 1.807) is 13.0 Å². The Morgan fingerprint density at radius 2 is 1.40 bits per heavy atom. The van der Waals surface area contributed by atoms with Gasteiger partial charge in [0.15, 0.2) is 0 Å². The minimum atomic E-state index is -0.548. The van der Waals surface area contributed by atoms with Crippen LogP contribution >= 0.6 is 0 Å². The molecule has 0 fully saturated rings. The van der Waals surface area contributed by atoms with E-state index in [1.807, 2.05) is 0 Å². The van der Waals surface area contributed by atoms with Crippen LogP contribution in [0.5, 0.6) is 0 Å². The second kappa shape index (κ2) is 14.3. The minimum absolute atomic E-state index is 0.234.